The van der Waals surface area contributed by atoms with E-state index in [2.05, 4.69) is 9.82 Å². The number of sulfone groups is 1. The van der Waals surface area contributed by atoms with E-state index in [0.717, 1.165) is 5.41 Å². The minimum absolute atomic E-state index is 0.112. The third-order valence-electron chi connectivity index (χ3n) is 2.61. The van der Waals surface area contributed by atoms with Gasteiger partial charge >= 0.3 is 0 Å². The van der Waals surface area contributed by atoms with Gasteiger partial charge in [-0.2, -0.15) is 5.10 Å². The summed E-state index contributed by atoms with van der Waals surface area (Å²) in [6, 6.07) is -0.778. The Labute approximate surface area is 111 Å². The fourth-order valence-corrected chi connectivity index (χ4v) is 4.30. The van der Waals surface area contributed by atoms with Crippen LogP contribution in [0.2, 0.25) is 0 Å². The standard InChI is InChI=1S/C9H14N4O4S2/c1-2-13-5-8(9(10)11-13)19(16,17)12-7-3-4-18(14,15)6-7/h3-5,7,12H,2,6H2,1H3,(H2,10,11). The van der Waals surface area contributed by atoms with E-state index < -0.39 is 25.9 Å². The lowest BCUT2D eigenvalue weighted by Gasteiger charge is -2.09. The number of nitrogens with zero attached hydrogens (tertiary/aromatic N) is 2. The zero-order chi connectivity index (χ0) is 14.3. The molecule has 106 valence electrons. The number of sulfonamides is 1. The van der Waals surface area contributed by atoms with Crippen molar-refractivity contribution in [1.82, 2.24) is 14.5 Å². The fourth-order valence-electron chi connectivity index (χ4n) is 1.70. The smallest absolute Gasteiger partial charge is 0.246 e. The lowest BCUT2D eigenvalue weighted by molar-refractivity contribution is 0.574. The van der Waals surface area contributed by atoms with E-state index in [1.165, 1.54) is 17.0 Å². The van der Waals surface area contributed by atoms with Gasteiger partial charge in [0.1, 0.15) is 4.90 Å². The summed E-state index contributed by atoms with van der Waals surface area (Å²) in [5.41, 5.74) is 5.54. The van der Waals surface area contributed by atoms with Gasteiger partial charge in [-0.15, -0.1) is 0 Å². The van der Waals surface area contributed by atoms with E-state index in [9.17, 15) is 16.8 Å². The first-order valence-corrected chi connectivity index (χ1v) is 8.69. The van der Waals surface area contributed by atoms with Crippen molar-refractivity contribution in [2.75, 3.05) is 11.5 Å². The number of anilines is 1. The van der Waals surface area contributed by atoms with E-state index in [4.69, 9.17) is 5.73 Å². The first kappa shape index (κ1) is 14.0. The van der Waals surface area contributed by atoms with Crippen LogP contribution >= 0.6 is 0 Å². The molecule has 19 heavy (non-hydrogen) atoms. The summed E-state index contributed by atoms with van der Waals surface area (Å²) in [6.07, 6.45) is 2.61. The van der Waals surface area contributed by atoms with E-state index >= 15 is 0 Å². The van der Waals surface area contributed by atoms with Gasteiger partial charge < -0.3 is 5.73 Å². The van der Waals surface area contributed by atoms with Crippen molar-refractivity contribution < 1.29 is 16.8 Å². The summed E-state index contributed by atoms with van der Waals surface area (Å²) >= 11 is 0. The van der Waals surface area contributed by atoms with Gasteiger partial charge in [0.15, 0.2) is 15.7 Å². The molecule has 1 aromatic heterocycles. The summed E-state index contributed by atoms with van der Waals surface area (Å²) in [6.45, 7) is 2.28. The van der Waals surface area contributed by atoms with Crippen molar-refractivity contribution in [2.24, 2.45) is 0 Å². The van der Waals surface area contributed by atoms with Gasteiger partial charge in [-0.3, -0.25) is 4.68 Å². The maximum absolute atomic E-state index is 12.1. The maximum Gasteiger partial charge on any atom is 0.246 e. The van der Waals surface area contributed by atoms with Gasteiger partial charge in [0, 0.05) is 18.1 Å². The second kappa shape index (κ2) is 4.62. The predicted octanol–water partition coefficient (Wildman–Crippen LogP) is -0.926. The maximum atomic E-state index is 12.1. The molecule has 0 spiro atoms. The zero-order valence-corrected chi connectivity index (χ0v) is 11.8. The zero-order valence-electron chi connectivity index (χ0n) is 10.1. The van der Waals surface area contributed by atoms with Gasteiger partial charge in [-0.25, -0.2) is 21.6 Å². The summed E-state index contributed by atoms with van der Waals surface area (Å²) in [4.78, 5) is -0.146. The van der Waals surface area contributed by atoms with Crippen LogP contribution in [0, 0.1) is 0 Å². The van der Waals surface area contributed by atoms with Crippen LogP contribution < -0.4 is 10.5 Å². The number of aryl methyl sites for hydroxylation is 1. The first-order chi connectivity index (χ1) is 8.73. The molecule has 0 radical (unpaired) electrons. The molecule has 0 amide bonds. The monoisotopic (exact) mass is 306 g/mol. The topological polar surface area (TPSA) is 124 Å². The molecular formula is C9H14N4O4S2. The molecule has 0 saturated heterocycles. The third-order valence-corrected chi connectivity index (χ3v) is 5.51. The van der Waals surface area contributed by atoms with Gasteiger partial charge in [-0.05, 0) is 6.92 Å². The highest BCUT2D eigenvalue weighted by Gasteiger charge is 2.28. The lowest BCUT2D eigenvalue weighted by Crippen LogP contribution is -2.35. The number of hydrogen-bond donors (Lipinski definition) is 2. The van der Waals surface area contributed by atoms with Gasteiger partial charge in [0.25, 0.3) is 0 Å². The van der Waals surface area contributed by atoms with Crippen LogP contribution in [0.1, 0.15) is 6.92 Å². The number of nitrogens with one attached hydrogen (secondary N) is 1. The van der Waals surface area contributed by atoms with Crippen molar-refractivity contribution in [3.05, 3.63) is 17.7 Å². The Morgan fingerprint density at radius 3 is 2.74 bits per heavy atom. The molecule has 0 fully saturated rings. The van der Waals surface area contributed by atoms with Crippen molar-refractivity contribution >= 4 is 25.7 Å². The van der Waals surface area contributed by atoms with Crippen molar-refractivity contribution in [3.8, 4) is 0 Å². The largest absolute Gasteiger partial charge is 0.381 e. The predicted molar refractivity (Wildman–Crippen MR) is 69.3 cm³/mol. The van der Waals surface area contributed by atoms with Gasteiger partial charge in [0.2, 0.25) is 10.0 Å². The number of aromatic nitrogens is 2. The second-order valence-corrected chi connectivity index (χ2v) is 7.73. The second-order valence-electron chi connectivity index (χ2n) is 4.12. The van der Waals surface area contributed by atoms with Crippen molar-refractivity contribution in [2.45, 2.75) is 24.4 Å². The molecule has 1 atom stereocenters. The molecule has 1 aliphatic rings. The molecule has 2 heterocycles. The highest BCUT2D eigenvalue weighted by Crippen LogP contribution is 2.18. The van der Waals surface area contributed by atoms with Crippen LogP contribution in [-0.2, 0) is 26.4 Å². The molecule has 0 bridgehead atoms. The molecule has 0 saturated carbocycles. The van der Waals surface area contributed by atoms with Gasteiger partial charge in [-0.1, -0.05) is 6.08 Å². The van der Waals surface area contributed by atoms with Crippen LogP contribution in [0.15, 0.2) is 22.6 Å². The normalized spacial score (nSPS) is 21.8. The van der Waals surface area contributed by atoms with E-state index in [-0.39, 0.29) is 16.5 Å². The van der Waals surface area contributed by atoms with E-state index in [0.29, 0.717) is 6.54 Å². The Morgan fingerprint density at radius 2 is 2.26 bits per heavy atom. The summed E-state index contributed by atoms with van der Waals surface area (Å²) in [7, 11) is -7.21. The van der Waals surface area contributed by atoms with Gasteiger partial charge in [0.05, 0.1) is 11.8 Å². The average molecular weight is 306 g/mol. The highest BCUT2D eigenvalue weighted by molar-refractivity contribution is 7.94. The molecule has 1 aromatic rings. The van der Waals surface area contributed by atoms with E-state index in [1.807, 2.05) is 0 Å². The van der Waals surface area contributed by atoms with Crippen molar-refractivity contribution in [3.63, 3.8) is 0 Å². The van der Waals surface area contributed by atoms with Crippen LogP contribution in [0.5, 0.6) is 0 Å². The third kappa shape index (κ3) is 2.96. The Bertz CT molecular complexity index is 717. The summed E-state index contributed by atoms with van der Waals surface area (Å²) in [5.74, 6) is -0.396. The number of nitrogen functional groups attached to an aromatic ring is 1. The minimum Gasteiger partial charge on any atom is -0.381 e. The molecule has 3 N–H and O–H groups in total. The molecule has 2 rings (SSSR count). The molecule has 8 nitrogen and oxygen atoms in total. The Kier molecular flexibility index (Phi) is 3.41. The number of hydrogen-bond acceptors (Lipinski definition) is 6. The Hall–Kier alpha value is -1.39. The quantitative estimate of drug-likeness (QED) is 0.741. The Morgan fingerprint density at radius 1 is 1.58 bits per heavy atom. The fraction of sp³-hybridized carbons (Fsp3) is 0.444. The van der Waals surface area contributed by atoms with Crippen LogP contribution in [0.3, 0.4) is 0 Å². The Balaban J connectivity index is 2.24. The number of nitrogens with two attached hydrogens (primary N) is 1. The van der Waals surface area contributed by atoms with Crippen molar-refractivity contribution in [1.29, 1.82) is 0 Å². The lowest BCUT2D eigenvalue weighted by atomic mass is 10.4. The van der Waals surface area contributed by atoms with E-state index in [1.54, 1.807) is 6.92 Å². The minimum atomic E-state index is -3.89. The molecule has 10 heteroatoms. The van der Waals surface area contributed by atoms with Crippen LogP contribution in [0.25, 0.3) is 0 Å². The SMILES string of the molecule is CCn1cc(S(=O)(=O)NC2C=CS(=O)(=O)C2)c(N)n1. The highest BCUT2D eigenvalue weighted by atomic mass is 32.2. The number of rotatable bonds is 4. The molecule has 1 aliphatic heterocycles. The summed E-state index contributed by atoms with van der Waals surface area (Å²) < 4.78 is 50.3. The first-order valence-electron chi connectivity index (χ1n) is 5.50. The van der Waals surface area contributed by atoms with Crippen LogP contribution in [0.4, 0.5) is 5.82 Å². The average Bonchev–Trinajstić information content (AvgIpc) is 2.81. The van der Waals surface area contributed by atoms with Crippen LogP contribution in [-0.4, -0.2) is 38.4 Å². The molecule has 0 aromatic carbocycles. The summed E-state index contributed by atoms with van der Waals surface area (Å²) in [5, 5.41) is 4.84. The molecule has 1 unspecified atom stereocenters. The molecule has 0 aliphatic carbocycles. The molecular weight excluding hydrogens is 292 g/mol.